The van der Waals surface area contributed by atoms with Crippen LogP contribution in [0, 0.1) is 0 Å². The van der Waals surface area contributed by atoms with Crippen molar-refractivity contribution in [1.82, 2.24) is 0 Å². The van der Waals surface area contributed by atoms with Crippen LogP contribution in [-0.4, -0.2) is 50.9 Å². The smallest absolute Gasteiger partial charge is 0.293 e. The van der Waals surface area contributed by atoms with Crippen molar-refractivity contribution in [3.63, 3.8) is 0 Å². The van der Waals surface area contributed by atoms with Gasteiger partial charge in [-0.25, -0.2) is 0 Å². The van der Waals surface area contributed by atoms with Crippen LogP contribution in [0.1, 0.15) is 6.42 Å². The van der Waals surface area contributed by atoms with Gasteiger partial charge >= 0.3 is 0 Å². The van der Waals surface area contributed by atoms with E-state index in [9.17, 15) is 15.4 Å². The van der Waals surface area contributed by atoms with Gasteiger partial charge in [0.15, 0.2) is 0 Å². The summed E-state index contributed by atoms with van der Waals surface area (Å²) in [4.78, 5) is 0. The Kier molecular flexibility index (Phi) is 4.41. The van der Waals surface area contributed by atoms with Gasteiger partial charge in [0.25, 0.3) is 5.03 Å². The number of rotatable bonds is 3. The van der Waals surface area contributed by atoms with Crippen LogP contribution in [0.15, 0.2) is 29.4 Å². The lowest BCUT2D eigenvalue weighted by Crippen LogP contribution is -2.49. The summed E-state index contributed by atoms with van der Waals surface area (Å²) in [6.07, 6.45) is -1.10. The SMILES string of the molecule is OCC1OC(Sc2cccc[n+]2O)CC(O)C1O. The first-order valence-corrected chi connectivity index (χ1v) is 6.49. The fourth-order valence-electron chi connectivity index (χ4n) is 1.79. The number of aromatic nitrogens is 1. The zero-order valence-electron chi connectivity index (χ0n) is 9.59. The Morgan fingerprint density at radius 3 is 2.83 bits per heavy atom. The average molecular weight is 274 g/mol. The Morgan fingerprint density at radius 1 is 1.39 bits per heavy atom. The van der Waals surface area contributed by atoms with Gasteiger partial charge in [0.1, 0.15) is 17.6 Å². The Balaban J connectivity index is 2.04. The second-order valence-corrected chi connectivity index (χ2v) is 5.26. The van der Waals surface area contributed by atoms with Crippen LogP contribution in [0.2, 0.25) is 0 Å². The fraction of sp³-hybridized carbons (Fsp3) is 0.545. The molecule has 1 aliphatic heterocycles. The molecule has 4 N–H and O–H groups in total. The molecule has 0 bridgehead atoms. The number of aliphatic hydroxyl groups is 3. The molecule has 2 rings (SSSR count). The summed E-state index contributed by atoms with van der Waals surface area (Å²) in [5.41, 5.74) is -0.429. The normalized spacial score (nSPS) is 32.4. The molecule has 1 aromatic heterocycles. The molecule has 0 saturated carbocycles. The number of nitrogens with zero attached hydrogens (tertiary/aromatic N) is 1. The van der Waals surface area contributed by atoms with Crippen molar-refractivity contribution in [3.05, 3.63) is 24.4 Å². The predicted octanol–water partition coefficient (Wildman–Crippen LogP) is -0.867. The van der Waals surface area contributed by atoms with Crippen LogP contribution in [0.5, 0.6) is 0 Å². The van der Waals surface area contributed by atoms with Gasteiger partial charge in [0.05, 0.1) is 12.7 Å². The van der Waals surface area contributed by atoms with Gasteiger partial charge in [-0.15, -0.1) is 0 Å². The molecule has 4 atom stereocenters. The van der Waals surface area contributed by atoms with Crippen molar-refractivity contribution < 1.29 is 30.0 Å². The molecule has 1 fully saturated rings. The highest BCUT2D eigenvalue weighted by atomic mass is 32.2. The molecule has 0 aromatic carbocycles. The quantitative estimate of drug-likeness (QED) is 0.423. The zero-order chi connectivity index (χ0) is 13.1. The molecule has 1 saturated heterocycles. The lowest BCUT2D eigenvalue weighted by atomic mass is 10.0. The summed E-state index contributed by atoms with van der Waals surface area (Å²) in [5.74, 6) is 0. The van der Waals surface area contributed by atoms with Crippen LogP contribution < -0.4 is 4.73 Å². The maximum Gasteiger partial charge on any atom is 0.293 e. The number of ether oxygens (including phenoxy) is 1. The second kappa shape index (κ2) is 5.85. The first-order chi connectivity index (χ1) is 8.61. The molecule has 2 heterocycles. The van der Waals surface area contributed by atoms with Gasteiger partial charge in [0.2, 0.25) is 6.20 Å². The highest BCUT2D eigenvalue weighted by Gasteiger charge is 2.37. The first kappa shape index (κ1) is 13.6. The molecule has 4 unspecified atom stereocenters. The van der Waals surface area contributed by atoms with E-state index in [1.54, 1.807) is 18.2 Å². The van der Waals surface area contributed by atoms with Crippen molar-refractivity contribution in [2.24, 2.45) is 0 Å². The Morgan fingerprint density at radius 2 is 2.17 bits per heavy atom. The molecule has 0 aliphatic carbocycles. The fourth-order valence-corrected chi connectivity index (χ4v) is 2.88. The molecule has 0 spiro atoms. The van der Waals surface area contributed by atoms with Gasteiger partial charge in [0, 0.05) is 23.3 Å². The first-order valence-electron chi connectivity index (χ1n) is 5.61. The van der Waals surface area contributed by atoms with E-state index in [4.69, 9.17) is 9.84 Å². The number of hydrogen-bond acceptors (Lipinski definition) is 6. The number of pyridine rings is 1. The van der Waals surface area contributed by atoms with Gasteiger partial charge in [-0.3, -0.25) is 5.21 Å². The van der Waals surface area contributed by atoms with Crippen LogP contribution in [0.3, 0.4) is 0 Å². The molecular formula is C11H16NO5S+. The molecule has 7 heteroatoms. The van der Waals surface area contributed by atoms with Crippen molar-refractivity contribution >= 4 is 11.8 Å². The Hall–Kier alpha value is -0.860. The summed E-state index contributed by atoms with van der Waals surface area (Å²) in [6.45, 7) is -0.358. The number of aliphatic hydroxyl groups excluding tert-OH is 3. The van der Waals surface area contributed by atoms with E-state index < -0.39 is 23.7 Å². The van der Waals surface area contributed by atoms with E-state index in [0.29, 0.717) is 5.03 Å². The van der Waals surface area contributed by atoms with E-state index in [1.165, 1.54) is 18.0 Å². The maximum absolute atomic E-state index is 9.67. The topological polar surface area (TPSA) is 94.0 Å². The van der Waals surface area contributed by atoms with E-state index in [0.717, 1.165) is 4.73 Å². The van der Waals surface area contributed by atoms with E-state index >= 15 is 0 Å². The molecule has 18 heavy (non-hydrogen) atoms. The summed E-state index contributed by atoms with van der Waals surface area (Å²) in [6, 6.07) is 5.16. The van der Waals surface area contributed by atoms with Crippen LogP contribution in [0.4, 0.5) is 0 Å². The predicted molar refractivity (Wildman–Crippen MR) is 62.1 cm³/mol. The summed E-state index contributed by atoms with van der Waals surface area (Å²) >= 11 is 1.22. The van der Waals surface area contributed by atoms with E-state index in [2.05, 4.69) is 0 Å². The third kappa shape index (κ3) is 2.93. The summed E-state index contributed by atoms with van der Waals surface area (Å²) < 4.78 is 6.41. The Labute approximate surface area is 108 Å². The highest BCUT2D eigenvalue weighted by Crippen LogP contribution is 2.31. The zero-order valence-corrected chi connectivity index (χ0v) is 10.4. The third-order valence-electron chi connectivity index (χ3n) is 2.77. The van der Waals surface area contributed by atoms with E-state index in [1.807, 2.05) is 0 Å². The molecule has 6 nitrogen and oxygen atoms in total. The molecule has 1 aromatic rings. The minimum Gasteiger partial charge on any atom is -0.394 e. The van der Waals surface area contributed by atoms with Gasteiger partial charge < -0.3 is 20.1 Å². The maximum atomic E-state index is 9.67. The minimum atomic E-state index is -1.08. The molecule has 100 valence electrons. The van der Waals surface area contributed by atoms with Gasteiger partial charge in [-0.05, 0) is 17.8 Å². The van der Waals surface area contributed by atoms with Gasteiger partial charge in [-0.2, -0.15) is 0 Å². The Bertz CT molecular complexity index is 405. The monoisotopic (exact) mass is 274 g/mol. The second-order valence-electron chi connectivity index (χ2n) is 4.08. The molecule has 0 amide bonds. The standard InChI is InChI=1S/C11H16NO5S/c13-6-8-11(15)7(14)5-10(17-8)18-9-3-1-2-4-12(9)16/h1-4,7-8,10-11,13-16H,5-6H2/q+1. The molecule has 1 aliphatic rings. The minimum absolute atomic E-state index is 0.233. The lowest BCUT2D eigenvalue weighted by Gasteiger charge is -2.35. The lowest BCUT2D eigenvalue weighted by molar-refractivity contribution is -0.932. The largest absolute Gasteiger partial charge is 0.394 e. The van der Waals surface area contributed by atoms with Crippen LogP contribution >= 0.6 is 11.8 Å². The highest BCUT2D eigenvalue weighted by molar-refractivity contribution is 7.99. The van der Waals surface area contributed by atoms with Crippen molar-refractivity contribution in [2.45, 2.75) is 35.2 Å². The van der Waals surface area contributed by atoms with Crippen molar-refractivity contribution in [1.29, 1.82) is 0 Å². The van der Waals surface area contributed by atoms with Crippen LogP contribution in [-0.2, 0) is 4.74 Å². The van der Waals surface area contributed by atoms with Gasteiger partial charge in [-0.1, -0.05) is 0 Å². The average Bonchev–Trinajstić information content (AvgIpc) is 2.36. The van der Waals surface area contributed by atoms with Crippen molar-refractivity contribution in [3.8, 4) is 0 Å². The van der Waals surface area contributed by atoms with E-state index in [-0.39, 0.29) is 13.0 Å². The summed E-state index contributed by atoms with van der Waals surface area (Å²) in [7, 11) is 0. The van der Waals surface area contributed by atoms with Crippen LogP contribution in [0.25, 0.3) is 0 Å². The molecular weight excluding hydrogens is 258 g/mol. The number of hydrogen-bond donors (Lipinski definition) is 4. The third-order valence-corrected chi connectivity index (χ3v) is 3.90. The number of thioether (sulfide) groups is 1. The van der Waals surface area contributed by atoms with Crippen molar-refractivity contribution in [2.75, 3.05) is 6.61 Å². The molecule has 0 radical (unpaired) electrons. The summed E-state index contributed by atoms with van der Waals surface area (Å²) in [5, 5.41) is 38.4.